The molecule has 2 unspecified atom stereocenters. The van der Waals surface area contributed by atoms with Gasteiger partial charge in [-0.15, -0.1) is 0 Å². The normalized spacial score (nSPS) is 19.5. The van der Waals surface area contributed by atoms with Crippen molar-refractivity contribution in [1.29, 1.82) is 0 Å². The van der Waals surface area contributed by atoms with E-state index in [1.165, 1.54) is 0 Å². The summed E-state index contributed by atoms with van der Waals surface area (Å²) in [7, 11) is -1.63. The number of para-hydroxylation sites is 2. The molecule has 0 amide bonds. The molecule has 0 radical (unpaired) electrons. The zero-order valence-corrected chi connectivity index (χ0v) is 19.2. The number of nitrogens with zero attached hydrogens (tertiary/aromatic N) is 5. The molecule has 33 heavy (non-hydrogen) atoms. The highest BCUT2D eigenvalue weighted by Gasteiger charge is 2.37. The van der Waals surface area contributed by atoms with E-state index in [1.807, 2.05) is 47.7 Å². The van der Waals surface area contributed by atoms with E-state index in [0.717, 1.165) is 22.4 Å². The number of sulfone groups is 1. The number of imidazole rings is 1. The van der Waals surface area contributed by atoms with Crippen molar-refractivity contribution in [3.63, 3.8) is 0 Å². The first kappa shape index (κ1) is 21.7. The van der Waals surface area contributed by atoms with E-state index < -0.39 is 15.9 Å². The van der Waals surface area contributed by atoms with Gasteiger partial charge in [0.25, 0.3) is 0 Å². The van der Waals surface area contributed by atoms with Crippen LogP contribution >= 0.6 is 0 Å². The highest BCUT2D eigenvalue weighted by molar-refractivity contribution is 7.90. The van der Waals surface area contributed by atoms with Gasteiger partial charge >= 0.3 is 0 Å². The Bertz CT molecular complexity index is 1390. The zero-order valence-electron chi connectivity index (χ0n) is 18.4. The fourth-order valence-corrected chi connectivity index (χ4v) is 5.46. The molecule has 3 heterocycles. The van der Waals surface area contributed by atoms with E-state index in [0.29, 0.717) is 25.4 Å². The summed E-state index contributed by atoms with van der Waals surface area (Å²) in [6.45, 7) is 2.83. The van der Waals surface area contributed by atoms with Crippen molar-refractivity contribution in [2.24, 2.45) is 7.05 Å². The zero-order chi connectivity index (χ0) is 23.2. The Morgan fingerprint density at radius 2 is 1.88 bits per heavy atom. The molecule has 1 aliphatic heterocycles. The number of likely N-dealkylation sites (tertiary alicyclic amines) is 1. The highest BCUT2D eigenvalue weighted by Crippen LogP contribution is 2.33. The van der Waals surface area contributed by atoms with Crippen LogP contribution in [0.3, 0.4) is 0 Å². The minimum Gasteiger partial charge on any atom is -0.392 e. The number of benzene rings is 2. The van der Waals surface area contributed by atoms with Crippen molar-refractivity contribution in [1.82, 2.24) is 24.6 Å². The van der Waals surface area contributed by atoms with Crippen LogP contribution in [0.25, 0.3) is 11.0 Å². The van der Waals surface area contributed by atoms with Gasteiger partial charge in [0.1, 0.15) is 11.6 Å². The third-order valence-electron chi connectivity index (χ3n) is 6.07. The van der Waals surface area contributed by atoms with Gasteiger partial charge in [0.05, 0.1) is 34.6 Å². The monoisotopic (exact) mass is 467 g/mol. The molecule has 10 heteroatoms. The van der Waals surface area contributed by atoms with Crippen LogP contribution in [0.15, 0.2) is 57.9 Å². The highest BCUT2D eigenvalue weighted by atomic mass is 32.2. The van der Waals surface area contributed by atoms with Crippen LogP contribution in [-0.4, -0.2) is 50.8 Å². The van der Waals surface area contributed by atoms with Crippen molar-refractivity contribution >= 4 is 20.9 Å². The van der Waals surface area contributed by atoms with Crippen LogP contribution in [0, 0.1) is 6.92 Å². The molecule has 1 fully saturated rings. The van der Waals surface area contributed by atoms with Crippen molar-refractivity contribution in [2.45, 2.75) is 42.7 Å². The summed E-state index contributed by atoms with van der Waals surface area (Å²) >= 11 is 0. The molecule has 2 atom stereocenters. The van der Waals surface area contributed by atoms with Gasteiger partial charge in [-0.25, -0.2) is 13.4 Å². The van der Waals surface area contributed by atoms with Crippen LogP contribution in [0.4, 0.5) is 0 Å². The van der Waals surface area contributed by atoms with E-state index >= 15 is 0 Å². The maximum absolute atomic E-state index is 12.7. The smallest absolute Gasteiger partial charge is 0.244 e. The van der Waals surface area contributed by atoms with Crippen LogP contribution in [0.5, 0.6) is 0 Å². The van der Waals surface area contributed by atoms with Gasteiger partial charge < -0.3 is 14.2 Å². The van der Waals surface area contributed by atoms with Gasteiger partial charge in [0.15, 0.2) is 15.7 Å². The Labute approximate surface area is 191 Å². The minimum absolute atomic E-state index is 0.106. The van der Waals surface area contributed by atoms with Gasteiger partial charge in [-0.1, -0.05) is 35.0 Å². The summed E-state index contributed by atoms with van der Waals surface area (Å²) in [4.78, 5) is 11.4. The van der Waals surface area contributed by atoms with Crippen molar-refractivity contribution in [2.75, 3.05) is 6.54 Å². The maximum atomic E-state index is 12.7. The number of β-amino-alcohol motifs (C(OH)–C–C–N with tert-alkyl or cyclic N) is 1. The van der Waals surface area contributed by atoms with Crippen molar-refractivity contribution < 1.29 is 18.0 Å². The lowest BCUT2D eigenvalue weighted by Crippen LogP contribution is -2.26. The average molecular weight is 468 g/mol. The number of aromatic nitrogens is 4. The molecular formula is C23H25N5O4S. The van der Waals surface area contributed by atoms with Crippen LogP contribution < -0.4 is 0 Å². The van der Waals surface area contributed by atoms with Gasteiger partial charge in [0, 0.05) is 13.6 Å². The Morgan fingerprint density at radius 1 is 1.12 bits per heavy atom. The summed E-state index contributed by atoms with van der Waals surface area (Å²) in [6.07, 6.45) is -0.118. The number of aliphatic hydroxyl groups is 1. The molecule has 2 aromatic carbocycles. The number of hydrogen-bond acceptors (Lipinski definition) is 8. The quantitative estimate of drug-likeness (QED) is 0.460. The topological polar surface area (TPSA) is 114 Å². The molecule has 1 aliphatic rings. The van der Waals surface area contributed by atoms with Crippen LogP contribution in [0.2, 0.25) is 0 Å². The molecular weight excluding hydrogens is 442 g/mol. The SMILES string of the molecule is Cc1ccc(S(=O)(=O)Cc2noc(C3CC(O)CN3Cc3nc4ccccc4n3C)n2)cc1. The Kier molecular flexibility index (Phi) is 5.51. The van der Waals surface area contributed by atoms with Crippen molar-refractivity contribution in [3.05, 3.63) is 71.6 Å². The predicted octanol–water partition coefficient (Wildman–Crippen LogP) is 2.55. The molecule has 2 aromatic heterocycles. The summed E-state index contributed by atoms with van der Waals surface area (Å²) < 4.78 is 33.0. The lowest BCUT2D eigenvalue weighted by molar-refractivity contribution is 0.167. The molecule has 5 rings (SSSR count). The number of hydrogen-bond donors (Lipinski definition) is 1. The fourth-order valence-electron chi connectivity index (χ4n) is 4.29. The number of aryl methyl sites for hydroxylation is 2. The molecule has 172 valence electrons. The summed E-state index contributed by atoms with van der Waals surface area (Å²) in [5.74, 6) is 0.922. The largest absolute Gasteiger partial charge is 0.392 e. The third kappa shape index (κ3) is 4.29. The Morgan fingerprint density at radius 3 is 2.64 bits per heavy atom. The molecule has 1 N–H and O–H groups in total. The second-order valence-electron chi connectivity index (χ2n) is 8.53. The first-order chi connectivity index (χ1) is 15.8. The second-order valence-corrected chi connectivity index (χ2v) is 10.5. The first-order valence-electron chi connectivity index (χ1n) is 10.7. The average Bonchev–Trinajstić information content (AvgIpc) is 3.46. The van der Waals surface area contributed by atoms with E-state index in [4.69, 9.17) is 9.51 Å². The first-order valence-corrected chi connectivity index (χ1v) is 12.4. The minimum atomic E-state index is -3.59. The molecule has 0 saturated carbocycles. The second kappa shape index (κ2) is 8.36. The van der Waals surface area contributed by atoms with E-state index in [9.17, 15) is 13.5 Å². The van der Waals surface area contributed by atoms with Gasteiger partial charge in [-0.3, -0.25) is 4.90 Å². The van der Waals surface area contributed by atoms with Crippen LogP contribution in [-0.2, 0) is 29.2 Å². The number of rotatable bonds is 6. The van der Waals surface area contributed by atoms with E-state index in [1.54, 1.807) is 24.3 Å². The van der Waals surface area contributed by atoms with Gasteiger partial charge in [0.2, 0.25) is 5.89 Å². The number of fused-ring (bicyclic) bond motifs is 1. The standard InChI is InChI=1S/C23H25N5O4S/c1-15-7-9-17(10-8-15)33(30,31)14-21-25-23(32-26-21)20-11-16(29)12-28(20)13-22-24-18-5-3-4-6-19(18)27(22)2/h3-10,16,20,29H,11-14H2,1-2H3. The Hall–Kier alpha value is -3.08. The summed E-state index contributed by atoms with van der Waals surface area (Å²) in [5.41, 5.74) is 2.93. The van der Waals surface area contributed by atoms with Crippen LogP contribution in [0.1, 0.15) is 35.6 Å². The predicted molar refractivity (Wildman–Crippen MR) is 121 cm³/mol. The van der Waals surface area contributed by atoms with E-state index in [-0.39, 0.29) is 22.5 Å². The summed E-state index contributed by atoms with van der Waals surface area (Å²) in [6, 6.07) is 14.3. The number of aliphatic hydroxyl groups excluding tert-OH is 1. The maximum Gasteiger partial charge on any atom is 0.244 e. The lowest BCUT2D eigenvalue weighted by atomic mass is 10.2. The molecule has 0 aliphatic carbocycles. The molecule has 0 spiro atoms. The molecule has 9 nitrogen and oxygen atoms in total. The third-order valence-corrected chi connectivity index (χ3v) is 7.70. The molecule has 0 bridgehead atoms. The van der Waals surface area contributed by atoms with E-state index in [2.05, 4.69) is 10.1 Å². The fraction of sp³-hybridized carbons (Fsp3) is 0.348. The molecule has 4 aromatic rings. The summed E-state index contributed by atoms with van der Waals surface area (Å²) in [5, 5.41) is 14.2. The Balaban J connectivity index is 1.36. The van der Waals surface area contributed by atoms with Crippen molar-refractivity contribution in [3.8, 4) is 0 Å². The van der Waals surface area contributed by atoms with Gasteiger partial charge in [-0.2, -0.15) is 4.98 Å². The van der Waals surface area contributed by atoms with Gasteiger partial charge in [-0.05, 0) is 37.6 Å². The lowest BCUT2D eigenvalue weighted by Gasteiger charge is -2.20. The molecule has 1 saturated heterocycles.